The summed E-state index contributed by atoms with van der Waals surface area (Å²) >= 11 is 1.37. The minimum absolute atomic E-state index is 0.289. The zero-order valence-electron chi connectivity index (χ0n) is 14.0. The van der Waals surface area contributed by atoms with Crippen molar-refractivity contribution in [2.75, 3.05) is 13.2 Å². The number of hydrogen-bond acceptors (Lipinski definition) is 6. The Morgan fingerprint density at radius 1 is 1.28 bits per heavy atom. The molecule has 1 saturated carbocycles. The average Bonchev–Trinajstić information content (AvgIpc) is 3.30. The van der Waals surface area contributed by atoms with Crippen LogP contribution in [0.4, 0.5) is 4.79 Å². The number of imide groups is 1. The Kier molecular flexibility index (Phi) is 4.89. The fourth-order valence-electron chi connectivity index (χ4n) is 3.25. The highest BCUT2D eigenvalue weighted by Crippen LogP contribution is 2.34. The molecule has 1 aliphatic heterocycles. The molecule has 2 heterocycles. The number of Topliss-reactive ketones (excluding diaryl/α,β-unsaturated/α-hetero) is 1. The van der Waals surface area contributed by atoms with E-state index in [0.29, 0.717) is 17.7 Å². The second-order valence-electron chi connectivity index (χ2n) is 6.31. The number of carbonyl (C=O) groups excluding carboxylic acids is 4. The molecule has 0 atom stereocenters. The summed E-state index contributed by atoms with van der Waals surface area (Å²) in [5.41, 5.74) is -0.847. The topological polar surface area (TPSA) is 92.8 Å². The van der Waals surface area contributed by atoms with E-state index >= 15 is 0 Å². The lowest BCUT2D eigenvalue weighted by Gasteiger charge is -2.19. The van der Waals surface area contributed by atoms with Crippen molar-refractivity contribution >= 4 is 35.0 Å². The lowest BCUT2D eigenvalue weighted by Crippen LogP contribution is -2.44. The van der Waals surface area contributed by atoms with Crippen LogP contribution in [0.1, 0.15) is 47.2 Å². The minimum atomic E-state index is -0.847. The van der Waals surface area contributed by atoms with Gasteiger partial charge in [-0.1, -0.05) is 19.8 Å². The van der Waals surface area contributed by atoms with Crippen molar-refractivity contribution < 1.29 is 23.9 Å². The van der Waals surface area contributed by atoms with E-state index in [1.807, 2.05) is 13.0 Å². The molecule has 3 rings (SSSR count). The number of hydrogen-bond donors (Lipinski definition) is 1. The summed E-state index contributed by atoms with van der Waals surface area (Å²) in [7, 11) is 0. The van der Waals surface area contributed by atoms with Gasteiger partial charge in [-0.25, -0.2) is 4.79 Å². The van der Waals surface area contributed by atoms with Gasteiger partial charge in [0, 0.05) is 4.88 Å². The van der Waals surface area contributed by atoms with E-state index < -0.39 is 30.7 Å². The number of amides is 3. The van der Waals surface area contributed by atoms with Crippen LogP contribution in [0.5, 0.6) is 0 Å². The number of ketones is 1. The molecule has 134 valence electrons. The number of thiophene rings is 1. The highest BCUT2D eigenvalue weighted by atomic mass is 32.1. The number of urea groups is 1. The lowest BCUT2D eigenvalue weighted by atomic mass is 9.98. The highest BCUT2D eigenvalue weighted by molar-refractivity contribution is 7.14. The molecular formula is C17H20N2O5S. The summed E-state index contributed by atoms with van der Waals surface area (Å²) in [6.07, 6.45) is 3.78. The van der Waals surface area contributed by atoms with Gasteiger partial charge in [0.25, 0.3) is 5.91 Å². The Hall–Kier alpha value is -2.22. The Morgan fingerprint density at radius 3 is 2.64 bits per heavy atom. The molecule has 0 bridgehead atoms. The van der Waals surface area contributed by atoms with Gasteiger partial charge in [0.05, 0.1) is 4.88 Å². The maximum Gasteiger partial charge on any atom is 0.326 e. The maximum atomic E-state index is 12.4. The molecule has 1 saturated heterocycles. The van der Waals surface area contributed by atoms with E-state index in [4.69, 9.17) is 4.74 Å². The van der Waals surface area contributed by atoms with Gasteiger partial charge in [0.15, 0.2) is 6.61 Å². The summed E-state index contributed by atoms with van der Waals surface area (Å²) in [6, 6.07) is 3.01. The molecule has 0 radical (unpaired) electrons. The molecule has 0 aromatic carbocycles. The Labute approximate surface area is 149 Å². The van der Waals surface area contributed by atoms with Crippen molar-refractivity contribution in [1.82, 2.24) is 10.2 Å². The number of nitrogens with one attached hydrogen (secondary N) is 1. The second-order valence-corrected chi connectivity index (χ2v) is 7.48. The van der Waals surface area contributed by atoms with Crippen molar-refractivity contribution in [3.05, 3.63) is 21.9 Å². The number of carbonyl (C=O) groups is 4. The summed E-state index contributed by atoms with van der Waals surface area (Å²) in [4.78, 5) is 50.9. The SMILES string of the molecule is CCc1ccc(C(=O)COC(=O)CN2C(=O)NC3(CCCC3)C2=O)s1. The third-order valence-corrected chi connectivity index (χ3v) is 5.91. The minimum Gasteiger partial charge on any atom is -0.456 e. The van der Waals surface area contributed by atoms with Crippen LogP contribution in [0.2, 0.25) is 0 Å². The fraction of sp³-hybridized carbons (Fsp3) is 0.529. The maximum absolute atomic E-state index is 12.4. The van der Waals surface area contributed by atoms with E-state index in [0.717, 1.165) is 29.0 Å². The number of esters is 1. The molecule has 1 aromatic rings. The molecule has 1 spiro atoms. The van der Waals surface area contributed by atoms with Gasteiger partial charge in [-0.2, -0.15) is 0 Å². The molecule has 0 unspecified atom stereocenters. The number of rotatable bonds is 6. The van der Waals surface area contributed by atoms with E-state index in [1.54, 1.807) is 6.07 Å². The van der Waals surface area contributed by atoms with Gasteiger partial charge in [0.2, 0.25) is 5.78 Å². The monoisotopic (exact) mass is 364 g/mol. The molecule has 3 amide bonds. The van der Waals surface area contributed by atoms with Crippen LogP contribution in [0, 0.1) is 0 Å². The average molecular weight is 364 g/mol. The second kappa shape index (κ2) is 6.95. The van der Waals surface area contributed by atoms with Gasteiger partial charge in [-0.3, -0.25) is 19.3 Å². The first-order chi connectivity index (χ1) is 11.9. The van der Waals surface area contributed by atoms with Crippen molar-refractivity contribution in [1.29, 1.82) is 0 Å². The van der Waals surface area contributed by atoms with E-state index in [9.17, 15) is 19.2 Å². The molecule has 25 heavy (non-hydrogen) atoms. The van der Waals surface area contributed by atoms with E-state index in [-0.39, 0.29) is 11.7 Å². The third kappa shape index (κ3) is 3.44. The van der Waals surface area contributed by atoms with Crippen molar-refractivity contribution in [2.45, 2.75) is 44.6 Å². The summed E-state index contributed by atoms with van der Waals surface area (Å²) in [5, 5.41) is 2.70. The summed E-state index contributed by atoms with van der Waals surface area (Å²) in [5.74, 6) is -1.43. The van der Waals surface area contributed by atoms with Crippen LogP contribution in [0.25, 0.3) is 0 Å². The van der Waals surface area contributed by atoms with E-state index in [2.05, 4.69) is 5.32 Å². The van der Waals surface area contributed by atoms with Crippen LogP contribution in [-0.4, -0.2) is 47.3 Å². The first-order valence-corrected chi connectivity index (χ1v) is 9.18. The standard InChI is InChI=1S/C17H20N2O5S/c1-2-11-5-6-13(25-11)12(20)10-24-14(21)9-19-15(22)17(18-16(19)23)7-3-4-8-17/h5-6H,2-4,7-10H2,1H3,(H,18,23). The van der Waals surface area contributed by atoms with Crippen LogP contribution in [-0.2, 0) is 20.7 Å². The van der Waals surface area contributed by atoms with Crippen LogP contribution in [0.3, 0.4) is 0 Å². The molecule has 7 nitrogen and oxygen atoms in total. The number of aryl methyl sites for hydroxylation is 1. The van der Waals surface area contributed by atoms with Gasteiger partial charge >= 0.3 is 12.0 Å². The first kappa shape index (κ1) is 17.6. The molecule has 2 aliphatic rings. The predicted octanol–water partition coefficient (Wildman–Crippen LogP) is 1.90. The van der Waals surface area contributed by atoms with Crippen molar-refractivity contribution in [2.24, 2.45) is 0 Å². The molecule has 1 aromatic heterocycles. The summed E-state index contributed by atoms with van der Waals surface area (Å²) < 4.78 is 4.96. The Bertz CT molecular complexity index is 720. The Morgan fingerprint density at radius 2 is 2.00 bits per heavy atom. The normalized spacial score (nSPS) is 18.7. The van der Waals surface area contributed by atoms with Gasteiger partial charge in [0.1, 0.15) is 12.1 Å². The summed E-state index contributed by atoms with van der Waals surface area (Å²) in [6.45, 7) is 1.14. The van der Waals surface area contributed by atoms with Crippen LogP contribution >= 0.6 is 11.3 Å². The molecule has 1 aliphatic carbocycles. The third-order valence-electron chi connectivity index (χ3n) is 4.64. The molecule has 2 fully saturated rings. The van der Waals surface area contributed by atoms with Crippen LogP contribution in [0.15, 0.2) is 12.1 Å². The molecule has 8 heteroatoms. The molecule has 1 N–H and O–H groups in total. The zero-order valence-corrected chi connectivity index (χ0v) is 14.8. The number of ether oxygens (including phenoxy) is 1. The smallest absolute Gasteiger partial charge is 0.326 e. The lowest BCUT2D eigenvalue weighted by molar-refractivity contribution is -0.146. The highest BCUT2D eigenvalue weighted by Gasteiger charge is 2.52. The van der Waals surface area contributed by atoms with Gasteiger partial charge in [-0.05, 0) is 31.4 Å². The van der Waals surface area contributed by atoms with Crippen molar-refractivity contribution in [3.8, 4) is 0 Å². The largest absolute Gasteiger partial charge is 0.456 e. The van der Waals surface area contributed by atoms with Gasteiger partial charge < -0.3 is 10.1 Å². The predicted molar refractivity (Wildman–Crippen MR) is 90.4 cm³/mol. The van der Waals surface area contributed by atoms with E-state index in [1.165, 1.54) is 11.3 Å². The van der Waals surface area contributed by atoms with Crippen molar-refractivity contribution in [3.63, 3.8) is 0 Å². The zero-order chi connectivity index (χ0) is 18.0. The quantitative estimate of drug-likeness (QED) is 0.473. The molecular weight excluding hydrogens is 344 g/mol. The first-order valence-electron chi connectivity index (χ1n) is 8.37. The Balaban J connectivity index is 1.53. The fourth-order valence-corrected chi connectivity index (χ4v) is 4.12. The number of nitrogens with zero attached hydrogens (tertiary/aromatic N) is 1. The van der Waals surface area contributed by atoms with Crippen LogP contribution < -0.4 is 5.32 Å². The van der Waals surface area contributed by atoms with Gasteiger partial charge in [-0.15, -0.1) is 11.3 Å².